The fourth-order valence-electron chi connectivity index (χ4n) is 2.79. The molecule has 0 aliphatic carbocycles. The summed E-state index contributed by atoms with van der Waals surface area (Å²) in [5.74, 6) is -0.912. The van der Waals surface area contributed by atoms with E-state index in [1.165, 1.54) is 36.4 Å². The van der Waals surface area contributed by atoms with Gasteiger partial charge in [-0.1, -0.05) is 36.4 Å². The number of halogens is 2. The van der Waals surface area contributed by atoms with Crippen molar-refractivity contribution in [1.29, 1.82) is 0 Å². The summed E-state index contributed by atoms with van der Waals surface area (Å²) in [6.07, 6.45) is 0. The van der Waals surface area contributed by atoms with Crippen molar-refractivity contribution in [3.05, 3.63) is 107 Å². The predicted octanol–water partition coefficient (Wildman–Crippen LogP) is 4.29. The lowest BCUT2D eigenvalue weighted by Crippen LogP contribution is -2.14. The minimum atomic E-state index is -0.378. The number of carbonyl (C=O) groups is 1. The Morgan fingerprint density at radius 1 is 0.720 bits per heavy atom. The zero-order valence-electron chi connectivity index (χ0n) is 13.5. The van der Waals surface area contributed by atoms with Gasteiger partial charge in [-0.2, -0.15) is 0 Å². The lowest BCUT2D eigenvalue weighted by atomic mass is 9.90. The summed E-state index contributed by atoms with van der Waals surface area (Å²) in [5, 5.41) is 0. The van der Waals surface area contributed by atoms with E-state index in [-0.39, 0.29) is 23.3 Å². The van der Waals surface area contributed by atoms with Crippen molar-refractivity contribution < 1.29 is 13.6 Å². The second kappa shape index (κ2) is 7.36. The molecule has 0 aliphatic rings. The van der Waals surface area contributed by atoms with Gasteiger partial charge in [0, 0.05) is 23.6 Å². The molecule has 3 aromatic rings. The van der Waals surface area contributed by atoms with Crippen molar-refractivity contribution in [3.8, 4) is 0 Å². The lowest BCUT2D eigenvalue weighted by Gasteiger charge is -2.16. The summed E-state index contributed by atoms with van der Waals surface area (Å²) in [4.78, 5) is 12.4. The monoisotopic (exact) mass is 337 g/mol. The predicted molar refractivity (Wildman–Crippen MR) is 93.6 cm³/mol. The molecule has 0 saturated heterocycles. The van der Waals surface area contributed by atoms with Gasteiger partial charge < -0.3 is 5.73 Å². The van der Waals surface area contributed by atoms with Crippen LogP contribution in [0.25, 0.3) is 0 Å². The van der Waals surface area contributed by atoms with E-state index in [2.05, 4.69) is 0 Å². The van der Waals surface area contributed by atoms with Crippen LogP contribution in [0.2, 0.25) is 0 Å². The van der Waals surface area contributed by atoms with Crippen LogP contribution in [-0.4, -0.2) is 12.3 Å². The summed E-state index contributed by atoms with van der Waals surface area (Å²) in [7, 11) is 0. The van der Waals surface area contributed by atoms with Gasteiger partial charge in [0.2, 0.25) is 0 Å². The highest BCUT2D eigenvalue weighted by atomic mass is 19.1. The van der Waals surface area contributed by atoms with E-state index < -0.39 is 0 Å². The van der Waals surface area contributed by atoms with Crippen LogP contribution in [0.1, 0.15) is 33.0 Å². The van der Waals surface area contributed by atoms with Gasteiger partial charge in [-0.15, -0.1) is 0 Å². The molecule has 2 N–H and O–H groups in total. The van der Waals surface area contributed by atoms with E-state index >= 15 is 0 Å². The van der Waals surface area contributed by atoms with Gasteiger partial charge in [0.1, 0.15) is 11.6 Å². The minimum absolute atomic E-state index is 0.0735. The number of nitrogens with two attached hydrogens (primary N) is 1. The molecule has 0 radical (unpaired) electrons. The van der Waals surface area contributed by atoms with Crippen LogP contribution < -0.4 is 5.73 Å². The number of hydrogen-bond donors (Lipinski definition) is 1. The number of carbonyl (C=O) groups excluding carboxylic acids is 1. The Morgan fingerprint density at radius 2 is 1.08 bits per heavy atom. The van der Waals surface area contributed by atoms with E-state index in [0.717, 1.165) is 11.1 Å². The highest BCUT2D eigenvalue weighted by Gasteiger charge is 2.14. The third-order valence-electron chi connectivity index (χ3n) is 4.19. The molecule has 2 nitrogen and oxygen atoms in total. The average molecular weight is 337 g/mol. The van der Waals surface area contributed by atoms with E-state index in [1.54, 1.807) is 24.3 Å². The molecule has 1 atom stereocenters. The van der Waals surface area contributed by atoms with Crippen LogP contribution >= 0.6 is 0 Å². The van der Waals surface area contributed by atoms with E-state index in [0.29, 0.717) is 17.7 Å². The molecule has 0 fully saturated rings. The Labute approximate surface area is 144 Å². The third kappa shape index (κ3) is 3.80. The largest absolute Gasteiger partial charge is 0.330 e. The smallest absolute Gasteiger partial charge is 0.193 e. The first-order valence-electron chi connectivity index (χ1n) is 7.94. The molecule has 4 heteroatoms. The highest BCUT2D eigenvalue weighted by molar-refractivity contribution is 6.08. The molecule has 0 aromatic heterocycles. The van der Waals surface area contributed by atoms with Crippen molar-refractivity contribution in [3.63, 3.8) is 0 Å². The number of ketones is 1. The van der Waals surface area contributed by atoms with Crippen LogP contribution in [0.15, 0.2) is 72.8 Å². The zero-order chi connectivity index (χ0) is 17.8. The van der Waals surface area contributed by atoms with E-state index in [1.807, 2.05) is 12.1 Å². The van der Waals surface area contributed by atoms with E-state index in [9.17, 15) is 13.6 Å². The quantitative estimate of drug-likeness (QED) is 0.706. The lowest BCUT2D eigenvalue weighted by molar-refractivity contribution is 0.103. The van der Waals surface area contributed by atoms with Crippen LogP contribution in [0.5, 0.6) is 0 Å². The van der Waals surface area contributed by atoms with Crippen molar-refractivity contribution in [1.82, 2.24) is 0 Å². The summed E-state index contributed by atoms with van der Waals surface area (Å²) >= 11 is 0. The van der Waals surface area contributed by atoms with Crippen LogP contribution in [0.4, 0.5) is 8.78 Å². The molecule has 3 rings (SSSR count). The fraction of sp³-hybridized carbons (Fsp3) is 0.0952. The first kappa shape index (κ1) is 17.0. The van der Waals surface area contributed by atoms with Gasteiger partial charge in [0.15, 0.2) is 5.78 Å². The summed E-state index contributed by atoms with van der Waals surface area (Å²) in [6.45, 7) is 0.372. The maximum atomic E-state index is 13.1. The highest BCUT2D eigenvalue weighted by Crippen LogP contribution is 2.24. The minimum Gasteiger partial charge on any atom is -0.330 e. The van der Waals surface area contributed by atoms with Gasteiger partial charge in [0.05, 0.1) is 0 Å². The van der Waals surface area contributed by atoms with Gasteiger partial charge >= 0.3 is 0 Å². The molecular weight excluding hydrogens is 320 g/mol. The molecular formula is C21H17F2NO. The fourth-order valence-corrected chi connectivity index (χ4v) is 2.79. The normalized spacial score (nSPS) is 12.0. The van der Waals surface area contributed by atoms with Crippen molar-refractivity contribution in [2.24, 2.45) is 5.73 Å². The van der Waals surface area contributed by atoms with Gasteiger partial charge in [-0.05, 0) is 47.5 Å². The summed E-state index contributed by atoms with van der Waals surface area (Å²) < 4.78 is 26.1. The number of rotatable bonds is 5. The van der Waals surface area contributed by atoms with Gasteiger partial charge in [-0.25, -0.2) is 8.78 Å². The molecule has 1 unspecified atom stereocenters. The maximum Gasteiger partial charge on any atom is 0.193 e. The molecule has 0 aliphatic heterocycles. The molecule has 0 bridgehead atoms. The Bertz CT molecular complexity index is 856. The van der Waals surface area contributed by atoms with Gasteiger partial charge in [-0.3, -0.25) is 4.79 Å². The molecule has 0 saturated carbocycles. The maximum absolute atomic E-state index is 13.1. The van der Waals surface area contributed by atoms with Crippen LogP contribution in [0.3, 0.4) is 0 Å². The Kier molecular flexibility index (Phi) is 5.00. The Balaban J connectivity index is 1.84. The van der Waals surface area contributed by atoms with Crippen LogP contribution in [0, 0.1) is 11.6 Å². The summed E-state index contributed by atoms with van der Waals surface area (Å²) in [6, 6.07) is 18.8. The number of hydrogen-bond acceptors (Lipinski definition) is 2. The third-order valence-corrected chi connectivity index (χ3v) is 4.19. The molecule has 0 amide bonds. The van der Waals surface area contributed by atoms with E-state index in [4.69, 9.17) is 5.73 Å². The molecule has 3 aromatic carbocycles. The zero-order valence-corrected chi connectivity index (χ0v) is 13.5. The molecule has 0 spiro atoms. The Morgan fingerprint density at radius 3 is 1.52 bits per heavy atom. The second-order valence-corrected chi connectivity index (χ2v) is 5.80. The standard InChI is InChI=1S/C21H17F2NO/c22-18-9-5-15(6-10-18)20(13-24)14-1-3-16(4-2-14)21(25)17-7-11-19(23)12-8-17/h1-12,20H,13,24H2. The molecule has 126 valence electrons. The number of benzene rings is 3. The van der Waals surface area contributed by atoms with Crippen molar-refractivity contribution in [2.75, 3.05) is 6.54 Å². The SMILES string of the molecule is NCC(c1ccc(F)cc1)c1ccc(C(=O)c2ccc(F)cc2)cc1. The second-order valence-electron chi connectivity index (χ2n) is 5.80. The molecule has 25 heavy (non-hydrogen) atoms. The first-order valence-corrected chi connectivity index (χ1v) is 7.94. The van der Waals surface area contributed by atoms with Crippen molar-refractivity contribution >= 4 is 5.78 Å². The van der Waals surface area contributed by atoms with Crippen molar-refractivity contribution in [2.45, 2.75) is 5.92 Å². The average Bonchev–Trinajstić information content (AvgIpc) is 2.64. The summed E-state index contributed by atoms with van der Waals surface area (Å²) in [5.41, 5.74) is 8.70. The Hall–Kier alpha value is -2.85. The first-order chi connectivity index (χ1) is 12.1. The van der Waals surface area contributed by atoms with Gasteiger partial charge in [0.25, 0.3) is 0 Å². The molecule has 0 heterocycles. The van der Waals surface area contributed by atoms with Crippen LogP contribution in [-0.2, 0) is 0 Å². The topological polar surface area (TPSA) is 43.1 Å².